The second kappa shape index (κ2) is 7.87. The molecule has 2 aromatic carbocycles. The summed E-state index contributed by atoms with van der Waals surface area (Å²) in [5.74, 6) is -1.56. The van der Waals surface area contributed by atoms with Crippen LogP contribution in [0.2, 0.25) is 0 Å². The first-order valence-corrected chi connectivity index (χ1v) is 11.5. The number of ether oxygens (including phenoxy) is 1. The lowest BCUT2D eigenvalue weighted by molar-refractivity contribution is -0.128. The first-order chi connectivity index (χ1) is 16.4. The third-order valence-corrected chi connectivity index (χ3v) is 7.39. The Labute approximate surface area is 194 Å². The zero-order valence-electron chi connectivity index (χ0n) is 18.6. The van der Waals surface area contributed by atoms with Crippen LogP contribution in [0.4, 0.5) is 8.78 Å². The molecule has 7 nitrogen and oxygen atoms in total. The zero-order chi connectivity index (χ0) is 23.6. The van der Waals surface area contributed by atoms with Crippen molar-refractivity contribution in [3.05, 3.63) is 64.9 Å². The molecule has 2 amide bonds. The van der Waals surface area contributed by atoms with Crippen LogP contribution in [-0.4, -0.2) is 52.2 Å². The van der Waals surface area contributed by atoms with Gasteiger partial charge in [-0.2, -0.15) is 5.10 Å². The van der Waals surface area contributed by atoms with Gasteiger partial charge in [-0.3, -0.25) is 14.7 Å². The molecule has 6 rings (SSSR count). The number of aryl methyl sites for hydroxylation is 1. The smallest absolute Gasteiger partial charge is 0.256 e. The molecule has 1 aliphatic carbocycles. The topological polar surface area (TPSA) is 87.3 Å². The molecule has 1 saturated carbocycles. The Bertz CT molecular complexity index is 1300. The second-order valence-electron chi connectivity index (χ2n) is 9.57. The summed E-state index contributed by atoms with van der Waals surface area (Å²) in [5.41, 5.74) is 1.42. The van der Waals surface area contributed by atoms with Gasteiger partial charge in [0.15, 0.2) is 0 Å². The molecule has 4 atom stereocenters. The third-order valence-electron chi connectivity index (χ3n) is 7.39. The molecule has 0 radical (unpaired) electrons. The molecule has 9 heteroatoms. The van der Waals surface area contributed by atoms with Crippen molar-refractivity contribution in [1.29, 1.82) is 0 Å². The molecule has 34 heavy (non-hydrogen) atoms. The van der Waals surface area contributed by atoms with E-state index in [2.05, 4.69) is 15.5 Å². The van der Waals surface area contributed by atoms with Crippen molar-refractivity contribution in [3.8, 4) is 0 Å². The molecule has 2 aliphatic heterocycles. The lowest BCUT2D eigenvalue weighted by Crippen LogP contribution is -2.51. The number of halogens is 2. The minimum absolute atomic E-state index is 0.0143. The predicted octanol–water partition coefficient (Wildman–Crippen LogP) is 3.26. The van der Waals surface area contributed by atoms with Crippen LogP contribution in [0, 0.1) is 30.4 Å². The number of carbonyl (C=O) groups excluding carboxylic acids is 2. The van der Waals surface area contributed by atoms with E-state index in [0.29, 0.717) is 30.7 Å². The van der Waals surface area contributed by atoms with E-state index in [1.54, 1.807) is 23.2 Å². The van der Waals surface area contributed by atoms with Crippen molar-refractivity contribution in [2.45, 2.75) is 37.9 Å². The van der Waals surface area contributed by atoms with Crippen molar-refractivity contribution in [2.24, 2.45) is 11.8 Å². The van der Waals surface area contributed by atoms with Gasteiger partial charge in [-0.1, -0.05) is 12.1 Å². The number of aromatic amines is 1. The van der Waals surface area contributed by atoms with E-state index in [1.807, 2.05) is 6.07 Å². The number of aromatic nitrogens is 2. The third kappa shape index (κ3) is 3.37. The minimum Gasteiger partial charge on any atom is -0.381 e. The Morgan fingerprint density at radius 1 is 1.21 bits per heavy atom. The normalized spacial score (nSPS) is 24.6. The highest BCUT2D eigenvalue weighted by molar-refractivity contribution is 6.07. The summed E-state index contributed by atoms with van der Waals surface area (Å²) < 4.78 is 34.4. The number of likely N-dealkylation sites (tertiary alicyclic amines) is 1. The monoisotopic (exact) mass is 466 g/mol. The SMILES string of the molecule is Cc1cc(F)c([C@H](NC(=O)[C@H]2C[C@H]3C[C@H]3N2C(=O)c2cccc3cn[nH]c23)C2COC2)cc1F. The number of nitrogens with one attached hydrogen (secondary N) is 2. The number of amides is 2. The van der Waals surface area contributed by atoms with Crippen LogP contribution in [-0.2, 0) is 9.53 Å². The Hall–Kier alpha value is -3.33. The summed E-state index contributed by atoms with van der Waals surface area (Å²) in [5, 5.41) is 10.7. The van der Waals surface area contributed by atoms with Crippen molar-refractivity contribution < 1.29 is 23.1 Å². The number of nitrogens with zero attached hydrogens (tertiary/aromatic N) is 2. The number of benzene rings is 2. The van der Waals surface area contributed by atoms with E-state index in [1.165, 1.54) is 6.92 Å². The average molecular weight is 466 g/mol. The Kier molecular flexibility index (Phi) is 4.91. The number of fused-ring (bicyclic) bond motifs is 2. The molecule has 0 bridgehead atoms. The van der Waals surface area contributed by atoms with Gasteiger partial charge in [0.2, 0.25) is 5.91 Å². The van der Waals surface area contributed by atoms with Crippen molar-refractivity contribution >= 4 is 22.7 Å². The molecule has 2 N–H and O–H groups in total. The summed E-state index contributed by atoms with van der Waals surface area (Å²) in [6.45, 7) is 2.19. The summed E-state index contributed by atoms with van der Waals surface area (Å²) in [4.78, 5) is 28.7. The van der Waals surface area contributed by atoms with Crippen LogP contribution in [0.1, 0.15) is 40.4 Å². The highest BCUT2D eigenvalue weighted by Crippen LogP contribution is 2.49. The molecule has 0 unspecified atom stereocenters. The van der Waals surface area contributed by atoms with E-state index < -0.39 is 23.7 Å². The molecule has 3 aliphatic rings. The number of para-hydroxylation sites is 1. The number of H-pyrrole nitrogens is 1. The van der Waals surface area contributed by atoms with E-state index in [0.717, 1.165) is 23.9 Å². The number of hydrogen-bond acceptors (Lipinski definition) is 4. The molecule has 3 fully saturated rings. The van der Waals surface area contributed by atoms with Crippen LogP contribution in [0.5, 0.6) is 0 Å². The van der Waals surface area contributed by atoms with Crippen LogP contribution >= 0.6 is 0 Å². The molecule has 1 aromatic heterocycles. The Morgan fingerprint density at radius 2 is 2.03 bits per heavy atom. The van der Waals surface area contributed by atoms with Crippen molar-refractivity contribution in [2.75, 3.05) is 13.2 Å². The van der Waals surface area contributed by atoms with Gasteiger partial charge in [0, 0.05) is 22.9 Å². The van der Waals surface area contributed by atoms with Crippen molar-refractivity contribution in [1.82, 2.24) is 20.4 Å². The van der Waals surface area contributed by atoms with Gasteiger partial charge >= 0.3 is 0 Å². The van der Waals surface area contributed by atoms with Crippen LogP contribution in [0.25, 0.3) is 10.9 Å². The summed E-state index contributed by atoms with van der Waals surface area (Å²) >= 11 is 0. The van der Waals surface area contributed by atoms with Gasteiger partial charge in [-0.25, -0.2) is 8.78 Å². The van der Waals surface area contributed by atoms with Crippen LogP contribution in [0.3, 0.4) is 0 Å². The molecule has 3 heterocycles. The van der Waals surface area contributed by atoms with Gasteiger partial charge < -0.3 is 15.0 Å². The van der Waals surface area contributed by atoms with Gasteiger partial charge in [0.1, 0.15) is 17.7 Å². The van der Waals surface area contributed by atoms with Crippen LogP contribution < -0.4 is 5.32 Å². The van der Waals surface area contributed by atoms with Crippen LogP contribution in [0.15, 0.2) is 36.5 Å². The Balaban J connectivity index is 1.29. The fourth-order valence-electron chi connectivity index (χ4n) is 5.31. The first-order valence-electron chi connectivity index (χ1n) is 11.5. The fourth-order valence-corrected chi connectivity index (χ4v) is 5.31. The van der Waals surface area contributed by atoms with E-state index in [-0.39, 0.29) is 40.8 Å². The minimum atomic E-state index is -0.735. The van der Waals surface area contributed by atoms with Gasteiger partial charge in [-0.05, 0) is 49.4 Å². The maximum atomic E-state index is 14.8. The zero-order valence-corrected chi connectivity index (χ0v) is 18.6. The first kappa shape index (κ1) is 21.2. The maximum Gasteiger partial charge on any atom is 0.256 e. The predicted molar refractivity (Wildman–Crippen MR) is 119 cm³/mol. The number of rotatable bonds is 5. The van der Waals surface area contributed by atoms with Crippen molar-refractivity contribution in [3.63, 3.8) is 0 Å². The molecule has 176 valence electrons. The van der Waals surface area contributed by atoms with E-state index in [9.17, 15) is 18.4 Å². The summed E-state index contributed by atoms with van der Waals surface area (Å²) in [6, 6.07) is 6.30. The van der Waals surface area contributed by atoms with Gasteiger partial charge in [0.05, 0.1) is 36.5 Å². The van der Waals surface area contributed by atoms with E-state index in [4.69, 9.17) is 4.74 Å². The van der Waals surface area contributed by atoms with Gasteiger partial charge in [-0.15, -0.1) is 0 Å². The number of piperidine rings is 1. The number of hydrogen-bond donors (Lipinski definition) is 2. The lowest BCUT2D eigenvalue weighted by Gasteiger charge is -2.36. The molecule has 0 spiro atoms. The average Bonchev–Trinajstić information content (AvgIpc) is 3.19. The summed E-state index contributed by atoms with van der Waals surface area (Å²) in [7, 11) is 0. The lowest BCUT2D eigenvalue weighted by atomic mass is 9.90. The Morgan fingerprint density at radius 3 is 2.79 bits per heavy atom. The second-order valence-corrected chi connectivity index (χ2v) is 9.57. The molecule has 3 aromatic rings. The highest BCUT2D eigenvalue weighted by atomic mass is 19.1. The highest BCUT2D eigenvalue weighted by Gasteiger charge is 2.56. The molecule has 2 saturated heterocycles. The largest absolute Gasteiger partial charge is 0.381 e. The van der Waals surface area contributed by atoms with E-state index >= 15 is 0 Å². The molecular weight excluding hydrogens is 442 g/mol. The standard InChI is InChI=1S/C25H24F2N4O3/c1-12-5-19(27)17(8-18(12)26)22(15-10-34-11-15)29-24(32)21-7-14-6-20(14)31(21)25(33)16-4-2-3-13-9-28-30-23(13)16/h2-5,8-9,14-15,20-22H,6-7,10-11H2,1H3,(H,28,30)(H,29,32)/t14-,20-,21-,22-/m1/s1. The quantitative estimate of drug-likeness (QED) is 0.604. The summed E-state index contributed by atoms with van der Waals surface area (Å²) in [6.07, 6.45) is 3.08. The maximum absolute atomic E-state index is 14.8. The van der Waals surface area contributed by atoms with Gasteiger partial charge in [0.25, 0.3) is 5.91 Å². The molecular formula is C25H24F2N4O3. The fraction of sp³-hybridized carbons (Fsp3) is 0.400. The number of carbonyl (C=O) groups is 2.